The number of aryl methyl sites for hydroxylation is 2. The van der Waals surface area contributed by atoms with Crippen molar-refractivity contribution >= 4 is 17.5 Å². The van der Waals surface area contributed by atoms with Gasteiger partial charge in [0.05, 0.1) is 5.56 Å². The molecule has 134 valence electrons. The Hall–Kier alpha value is -2.31. The molecule has 0 radical (unpaired) electrons. The lowest BCUT2D eigenvalue weighted by atomic mass is 10.1. The standard InChI is InChI=1S/C18H21ClN2O4/c1-3-16-14(5-7-17(23)21-16)18(24)20-9-12(22)10-25-13-4-6-15(19)11(2)8-13/h4-8,12,22H,3,9-10H2,1-2H3,(H,20,24)(H,21,23). The first-order valence-corrected chi connectivity index (χ1v) is 8.36. The van der Waals surface area contributed by atoms with Gasteiger partial charge in [0.1, 0.15) is 18.5 Å². The third-order valence-corrected chi connectivity index (χ3v) is 4.09. The highest BCUT2D eigenvalue weighted by Crippen LogP contribution is 2.21. The average Bonchev–Trinajstić information content (AvgIpc) is 2.60. The number of aliphatic hydroxyl groups excluding tert-OH is 1. The molecule has 1 aromatic carbocycles. The first kappa shape index (κ1) is 19.0. The van der Waals surface area contributed by atoms with Gasteiger partial charge in [-0.3, -0.25) is 9.59 Å². The van der Waals surface area contributed by atoms with Crippen molar-refractivity contribution in [2.45, 2.75) is 26.4 Å². The van der Waals surface area contributed by atoms with Crippen molar-refractivity contribution in [3.05, 3.63) is 62.5 Å². The molecule has 25 heavy (non-hydrogen) atoms. The van der Waals surface area contributed by atoms with Crippen LogP contribution < -0.4 is 15.6 Å². The molecule has 6 nitrogen and oxygen atoms in total. The van der Waals surface area contributed by atoms with E-state index in [1.807, 2.05) is 13.8 Å². The zero-order valence-corrected chi connectivity index (χ0v) is 14.9. The Kier molecular flexibility index (Phi) is 6.61. The lowest BCUT2D eigenvalue weighted by molar-refractivity contribution is 0.0842. The Balaban J connectivity index is 1.87. The molecule has 0 fully saturated rings. The molecular formula is C18H21ClN2O4. The number of benzene rings is 1. The number of H-pyrrole nitrogens is 1. The molecule has 7 heteroatoms. The quantitative estimate of drug-likeness (QED) is 0.701. The fourth-order valence-corrected chi connectivity index (χ4v) is 2.39. The molecule has 0 aliphatic rings. The van der Waals surface area contributed by atoms with Crippen LogP contribution >= 0.6 is 11.6 Å². The summed E-state index contributed by atoms with van der Waals surface area (Å²) in [7, 11) is 0. The van der Waals surface area contributed by atoms with Crippen LogP contribution in [0, 0.1) is 6.92 Å². The van der Waals surface area contributed by atoms with Gasteiger partial charge in [0, 0.05) is 23.3 Å². The van der Waals surface area contributed by atoms with Crippen LogP contribution in [-0.4, -0.2) is 35.3 Å². The van der Waals surface area contributed by atoms with E-state index < -0.39 is 6.10 Å². The number of rotatable bonds is 7. The first-order chi connectivity index (χ1) is 11.9. The Bertz CT molecular complexity index is 804. The van der Waals surface area contributed by atoms with Gasteiger partial charge in [0.25, 0.3) is 5.91 Å². The number of halogens is 1. The summed E-state index contributed by atoms with van der Waals surface area (Å²) in [5.41, 5.74) is 1.59. The Labute approximate surface area is 150 Å². The molecule has 0 saturated carbocycles. The van der Waals surface area contributed by atoms with Crippen LogP contribution in [0.15, 0.2) is 35.1 Å². The Morgan fingerprint density at radius 3 is 2.80 bits per heavy atom. The summed E-state index contributed by atoms with van der Waals surface area (Å²) in [4.78, 5) is 26.1. The molecule has 0 spiro atoms. The van der Waals surface area contributed by atoms with Crippen LogP contribution in [0.25, 0.3) is 0 Å². The fourth-order valence-electron chi connectivity index (χ4n) is 2.27. The van der Waals surface area contributed by atoms with Crippen LogP contribution in [0.4, 0.5) is 0 Å². The minimum absolute atomic E-state index is 0.0353. The van der Waals surface area contributed by atoms with Gasteiger partial charge >= 0.3 is 0 Å². The number of hydrogen-bond donors (Lipinski definition) is 3. The van der Waals surface area contributed by atoms with E-state index in [9.17, 15) is 14.7 Å². The number of amides is 1. The van der Waals surface area contributed by atoms with Crippen LogP contribution in [0.1, 0.15) is 28.5 Å². The normalized spacial score (nSPS) is 11.8. The maximum Gasteiger partial charge on any atom is 0.253 e. The van der Waals surface area contributed by atoms with Crippen molar-refractivity contribution < 1.29 is 14.6 Å². The number of pyridine rings is 1. The number of aromatic amines is 1. The largest absolute Gasteiger partial charge is 0.491 e. The minimum Gasteiger partial charge on any atom is -0.491 e. The number of ether oxygens (including phenoxy) is 1. The third kappa shape index (κ3) is 5.34. The third-order valence-electron chi connectivity index (χ3n) is 3.67. The number of aromatic nitrogens is 1. The fraction of sp³-hybridized carbons (Fsp3) is 0.333. The summed E-state index contributed by atoms with van der Waals surface area (Å²) in [6, 6.07) is 8.00. The van der Waals surface area contributed by atoms with E-state index in [0.717, 1.165) is 5.56 Å². The second kappa shape index (κ2) is 8.69. The molecule has 1 aromatic heterocycles. The summed E-state index contributed by atoms with van der Waals surface area (Å²) in [6.45, 7) is 3.78. The molecule has 0 saturated heterocycles. The molecule has 2 aromatic rings. The van der Waals surface area contributed by atoms with E-state index in [4.69, 9.17) is 16.3 Å². The number of nitrogens with one attached hydrogen (secondary N) is 2. The van der Waals surface area contributed by atoms with E-state index in [1.54, 1.807) is 18.2 Å². The maximum atomic E-state index is 12.2. The van der Waals surface area contributed by atoms with E-state index in [2.05, 4.69) is 10.3 Å². The highest BCUT2D eigenvalue weighted by atomic mass is 35.5. The van der Waals surface area contributed by atoms with E-state index >= 15 is 0 Å². The van der Waals surface area contributed by atoms with Gasteiger partial charge in [-0.15, -0.1) is 0 Å². The van der Waals surface area contributed by atoms with E-state index in [-0.39, 0.29) is 24.6 Å². The predicted molar refractivity (Wildman–Crippen MR) is 96.5 cm³/mol. The zero-order valence-electron chi connectivity index (χ0n) is 14.1. The second-order valence-corrected chi connectivity index (χ2v) is 6.06. The highest BCUT2D eigenvalue weighted by Gasteiger charge is 2.13. The highest BCUT2D eigenvalue weighted by molar-refractivity contribution is 6.31. The molecule has 0 bridgehead atoms. The number of aliphatic hydroxyl groups is 1. The molecule has 1 heterocycles. The topological polar surface area (TPSA) is 91.4 Å². The van der Waals surface area contributed by atoms with Crippen LogP contribution in [0.3, 0.4) is 0 Å². The number of hydrogen-bond acceptors (Lipinski definition) is 4. The van der Waals surface area contributed by atoms with Crippen molar-refractivity contribution in [3.8, 4) is 5.75 Å². The number of carbonyl (C=O) groups is 1. The van der Waals surface area contributed by atoms with Crippen LogP contribution in [0.5, 0.6) is 5.75 Å². The molecular weight excluding hydrogens is 344 g/mol. The summed E-state index contributed by atoms with van der Waals surface area (Å²) >= 11 is 5.95. The lowest BCUT2D eigenvalue weighted by Crippen LogP contribution is -2.36. The number of carbonyl (C=O) groups excluding carboxylic acids is 1. The zero-order chi connectivity index (χ0) is 18.4. The smallest absolute Gasteiger partial charge is 0.253 e. The summed E-state index contributed by atoms with van der Waals surface area (Å²) < 4.78 is 5.49. The average molecular weight is 365 g/mol. The van der Waals surface area contributed by atoms with Crippen molar-refractivity contribution in [1.29, 1.82) is 0 Å². The van der Waals surface area contributed by atoms with Gasteiger partial charge < -0.3 is 20.1 Å². The van der Waals surface area contributed by atoms with E-state index in [1.165, 1.54) is 12.1 Å². The van der Waals surface area contributed by atoms with Crippen molar-refractivity contribution in [1.82, 2.24) is 10.3 Å². The van der Waals surface area contributed by atoms with Crippen molar-refractivity contribution in [3.63, 3.8) is 0 Å². The van der Waals surface area contributed by atoms with Crippen LogP contribution in [0.2, 0.25) is 5.02 Å². The minimum atomic E-state index is -0.868. The van der Waals surface area contributed by atoms with Crippen LogP contribution in [-0.2, 0) is 6.42 Å². The predicted octanol–water partition coefficient (Wildman–Crippen LogP) is 2.07. The molecule has 0 aliphatic heterocycles. The monoisotopic (exact) mass is 364 g/mol. The Morgan fingerprint density at radius 1 is 1.36 bits per heavy atom. The summed E-state index contributed by atoms with van der Waals surface area (Å²) in [5, 5.41) is 13.3. The molecule has 1 amide bonds. The van der Waals surface area contributed by atoms with Gasteiger partial charge in [0.2, 0.25) is 5.56 Å². The molecule has 1 unspecified atom stereocenters. The van der Waals surface area contributed by atoms with Gasteiger partial charge in [-0.1, -0.05) is 18.5 Å². The van der Waals surface area contributed by atoms with E-state index in [0.29, 0.717) is 28.5 Å². The van der Waals surface area contributed by atoms with Crippen molar-refractivity contribution in [2.75, 3.05) is 13.2 Å². The molecule has 2 rings (SSSR count). The summed E-state index contributed by atoms with van der Waals surface area (Å²) in [5.74, 6) is 0.246. The van der Waals surface area contributed by atoms with Gasteiger partial charge in [0.15, 0.2) is 0 Å². The molecule has 0 aliphatic carbocycles. The van der Waals surface area contributed by atoms with Gasteiger partial charge in [-0.2, -0.15) is 0 Å². The SMILES string of the molecule is CCc1[nH]c(=O)ccc1C(=O)NCC(O)COc1ccc(Cl)c(C)c1. The second-order valence-electron chi connectivity index (χ2n) is 5.65. The van der Waals surface area contributed by atoms with Gasteiger partial charge in [-0.25, -0.2) is 0 Å². The summed E-state index contributed by atoms with van der Waals surface area (Å²) in [6.07, 6.45) is -0.340. The molecule has 3 N–H and O–H groups in total. The lowest BCUT2D eigenvalue weighted by Gasteiger charge is -2.14. The Morgan fingerprint density at radius 2 is 2.12 bits per heavy atom. The first-order valence-electron chi connectivity index (χ1n) is 7.98. The van der Waals surface area contributed by atoms with Crippen molar-refractivity contribution in [2.24, 2.45) is 0 Å². The maximum absolute atomic E-state index is 12.2. The van der Waals surface area contributed by atoms with Gasteiger partial charge in [-0.05, 0) is 43.2 Å². The molecule has 1 atom stereocenters.